The summed E-state index contributed by atoms with van der Waals surface area (Å²) >= 11 is 1.67. The summed E-state index contributed by atoms with van der Waals surface area (Å²) in [4.78, 5) is 5.29. The molecule has 1 N–H and O–H groups in total. The Morgan fingerprint density at radius 1 is 1.38 bits per heavy atom. The molecule has 0 aliphatic rings. The van der Waals surface area contributed by atoms with Gasteiger partial charge in [0, 0.05) is 24.2 Å². The normalized spacial score (nSPS) is 10.3. The lowest BCUT2D eigenvalue weighted by molar-refractivity contribution is 0.414. The first-order chi connectivity index (χ1) is 7.88. The number of thiazole rings is 1. The van der Waals surface area contributed by atoms with Crippen molar-refractivity contribution in [2.45, 2.75) is 13.1 Å². The second kappa shape index (κ2) is 5.63. The second-order valence-corrected chi connectivity index (χ2v) is 4.39. The van der Waals surface area contributed by atoms with Crippen molar-refractivity contribution >= 4 is 11.3 Å². The fraction of sp³-hybridized carbons (Fsp3) is 0.250. The van der Waals surface area contributed by atoms with Crippen LogP contribution in [0.5, 0.6) is 5.75 Å². The van der Waals surface area contributed by atoms with E-state index < -0.39 is 0 Å². The summed E-state index contributed by atoms with van der Waals surface area (Å²) in [7, 11) is 1.68. The van der Waals surface area contributed by atoms with Gasteiger partial charge in [0.15, 0.2) is 0 Å². The predicted octanol–water partition coefficient (Wildman–Crippen LogP) is 2.44. The van der Waals surface area contributed by atoms with Crippen LogP contribution in [0.4, 0.5) is 0 Å². The van der Waals surface area contributed by atoms with Gasteiger partial charge in [-0.25, -0.2) is 0 Å². The molecule has 0 radical (unpaired) electrons. The Bertz CT molecular complexity index is 428. The van der Waals surface area contributed by atoms with E-state index in [9.17, 15) is 0 Å². The highest BCUT2D eigenvalue weighted by molar-refractivity contribution is 7.09. The second-order valence-electron chi connectivity index (χ2n) is 3.42. The van der Waals surface area contributed by atoms with Crippen molar-refractivity contribution in [1.82, 2.24) is 10.3 Å². The van der Waals surface area contributed by atoms with Crippen LogP contribution in [0.1, 0.15) is 10.4 Å². The smallest absolute Gasteiger partial charge is 0.119 e. The number of methoxy groups -OCH3 is 1. The molecule has 0 atom stereocenters. The Labute approximate surface area is 99.1 Å². The summed E-state index contributed by atoms with van der Waals surface area (Å²) in [6.07, 6.45) is 1.89. The Morgan fingerprint density at radius 2 is 2.31 bits per heavy atom. The van der Waals surface area contributed by atoms with Gasteiger partial charge in [-0.1, -0.05) is 12.1 Å². The Hall–Kier alpha value is -1.39. The molecule has 0 spiro atoms. The van der Waals surface area contributed by atoms with Crippen molar-refractivity contribution in [3.05, 3.63) is 46.4 Å². The van der Waals surface area contributed by atoms with Crippen LogP contribution in [-0.2, 0) is 13.1 Å². The Kier molecular flexibility index (Phi) is 3.91. The van der Waals surface area contributed by atoms with E-state index in [2.05, 4.69) is 16.4 Å². The van der Waals surface area contributed by atoms with Crippen LogP contribution in [0.25, 0.3) is 0 Å². The third-order valence-corrected chi connectivity index (χ3v) is 3.03. The lowest BCUT2D eigenvalue weighted by Gasteiger charge is -2.05. The maximum atomic E-state index is 5.17. The molecule has 84 valence electrons. The van der Waals surface area contributed by atoms with Gasteiger partial charge >= 0.3 is 0 Å². The lowest BCUT2D eigenvalue weighted by Crippen LogP contribution is -2.11. The van der Waals surface area contributed by atoms with E-state index in [1.54, 1.807) is 18.4 Å². The molecule has 1 aromatic heterocycles. The first-order valence-corrected chi connectivity index (χ1v) is 5.97. The summed E-state index contributed by atoms with van der Waals surface area (Å²) < 4.78 is 5.17. The van der Waals surface area contributed by atoms with E-state index in [4.69, 9.17) is 4.74 Å². The summed E-state index contributed by atoms with van der Waals surface area (Å²) in [5, 5.41) is 3.37. The van der Waals surface area contributed by atoms with Gasteiger partial charge in [-0.2, -0.15) is 0 Å². The van der Waals surface area contributed by atoms with Crippen molar-refractivity contribution in [2.24, 2.45) is 0 Å². The fourth-order valence-electron chi connectivity index (χ4n) is 1.44. The molecule has 2 aromatic rings. The molecule has 0 fully saturated rings. The number of nitrogens with zero attached hydrogens (tertiary/aromatic N) is 1. The molecule has 0 bridgehead atoms. The van der Waals surface area contributed by atoms with E-state index in [0.29, 0.717) is 0 Å². The van der Waals surface area contributed by atoms with Crippen LogP contribution in [-0.4, -0.2) is 12.1 Å². The number of rotatable bonds is 5. The van der Waals surface area contributed by atoms with Crippen LogP contribution in [0.2, 0.25) is 0 Å². The molecule has 4 heteroatoms. The molecule has 2 rings (SSSR count). The number of benzene rings is 1. The summed E-state index contributed by atoms with van der Waals surface area (Å²) in [6, 6.07) is 8.08. The molecular formula is C12H14N2OS. The van der Waals surface area contributed by atoms with Gasteiger partial charge in [0.1, 0.15) is 5.75 Å². The van der Waals surface area contributed by atoms with E-state index in [-0.39, 0.29) is 0 Å². The average Bonchev–Trinajstić information content (AvgIpc) is 2.82. The first-order valence-electron chi connectivity index (χ1n) is 5.09. The van der Waals surface area contributed by atoms with Gasteiger partial charge in [0.25, 0.3) is 0 Å². The topological polar surface area (TPSA) is 34.1 Å². The van der Waals surface area contributed by atoms with E-state index >= 15 is 0 Å². The molecule has 1 aromatic carbocycles. The molecule has 0 amide bonds. The molecule has 0 unspecified atom stereocenters. The zero-order valence-electron chi connectivity index (χ0n) is 9.14. The number of hydrogen-bond donors (Lipinski definition) is 1. The predicted molar refractivity (Wildman–Crippen MR) is 65.7 cm³/mol. The molecule has 0 saturated carbocycles. The highest BCUT2D eigenvalue weighted by Gasteiger charge is 1.97. The van der Waals surface area contributed by atoms with Crippen molar-refractivity contribution in [3.63, 3.8) is 0 Å². The molecular weight excluding hydrogens is 220 g/mol. The first kappa shape index (κ1) is 11.1. The standard InChI is InChI=1S/C12H14N2OS/c1-15-11-4-2-3-10(5-11)6-13-7-12-8-14-9-16-12/h2-5,8-9,13H,6-7H2,1H3. The van der Waals surface area contributed by atoms with Crippen LogP contribution >= 0.6 is 11.3 Å². The van der Waals surface area contributed by atoms with Crippen molar-refractivity contribution in [1.29, 1.82) is 0 Å². The maximum Gasteiger partial charge on any atom is 0.119 e. The minimum Gasteiger partial charge on any atom is -0.497 e. The Balaban J connectivity index is 1.85. The zero-order valence-corrected chi connectivity index (χ0v) is 9.96. The minimum absolute atomic E-state index is 0.842. The van der Waals surface area contributed by atoms with Crippen LogP contribution in [0.3, 0.4) is 0 Å². The molecule has 16 heavy (non-hydrogen) atoms. The number of hydrogen-bond acceptors (Lipinski definition) is 4. The van der Waals surface area contributed by atoms with Gasteiger partial charge in [-0.15, -0.1) is 11.3 Å². The molecule has 0 saturated heterocycles. The van der Waals surface area contributed by atoms with Crippen LogP contribution in [0, 0.1) is 0 Å². The maximum absolute atomic E-state index is 5.17. The molecule has 3 nitrogen and oxygen atoms in total. The van der Waals surface area contributed by atoms with E-state index in [1.807, 2.05) is 29.9 Å². The van der Waals surface area contributed by atoms with Crippen LogP contribution < -0.4 is 10.1 Å². The van der Waals surface area contributed by atoms with Crippen molar-refractivity contribution < 1.29 is 4.74 Å². The summed E-state index contributed by atoms with van der Waals surface area (Å²) in [5.74, 6) is 0.900. The molecule has 0 aliphatic heterocycles. The summed E-state index contributed by atoms with van der Waals surface area (Å²) in [5.41, 5.74) is 3.08. The third kappa shape index (κ3) is 3.05. The van der Waals surface area contributed by atoms with Gasteiger partial charge in [-0.05, 0) is 17.7 Å². The highest BCUT2D eigenvalue weighted by Crippen LogP contribution is 2.12. The van der Waals surface area contributed by atoms with E-state index in [1.165, 1.54) is 10.4 Å². The molecule has 1 heterocycles. The van der Waals surface area contributed by atoms with Crippen molar-refractivity contribution in [2.75, 3.05) is 7.11 Å². The van der Waals surface area contributed by atoms with Gasteiger partial charge < -0.3 is 10.1 Å². The van der Waals surface area contributed by atoms with Gasteiger partial charge in [0.2, 0.25) is 0 Å². The lowest BCUT2D eigenvalue weighted by atomic mass is 10.2. The quantitative estimate of drug-likeness (QED) is 0.862. The monoisotopic (exact) mass is 234 g/mol. The van der Waals surface area contributed by atoms with E-state index in [0.717, 1.165) is 18.8 Å². The highest BCUT2D eigenvalue weighted by atomic mass is 32.1. The number of ether oxygens (including phenoxy) is 1. The van der Waals surface area contributed by atoms with Crippen LogP contribution in [0.15, 0.2) is 36.0 Å². The summed E-state index contributed by atoms with van der Waals surface area (Å²) in [6.45, 7) is 1.71. The SMILES string of the molecule is COc1cccc(CNCc2cncs2)c1. The largest absolute Gasteiger partial charge is 0.497 e. The minimum atomic E-state index is 0.842. The van der Waals surface area contributed by atoms with Gasteiger partial charge in [-0.3, -0.25) is 4.98 Å². The third-order valence-electron chi connectivity index (χ3n) is 2.25. The van der Waals surface area contributed by atoms with Crippen molar-refractivity contribution in [3.8, 4) is 5.75 Å². The molecule has 0 aliphatic carbocycles. The zero-order chi connectivity index (χ0) is 11.2. The van der Waals surface area contributed by atoms with Gasteiger partial charge in [0.05, 0.1) is 12.6 Å². The number of aromatic nitrogens is 1. The number of nitrogens with one attached hydrogen (secondary N) is 1. The average molecular weight is 234 g/mol. The fourth-order valence-corrected chi connectivity index (χ4v) is 2.01. The Morgan fingerprint density at radius 3 is 3.06 bits per heavy atom.